The fourth-order valence-corrected chi connectivity index (χ4v) is 4.03. The molecule has 2 amide bonds. The molecule has 2 N–H and O–H groups in total. The van der Waals surface area contributed by atoms with Crippen LogP contribution >= 0.6 is 12.4 Å². The summed E-state index contributed by atoms with van der Waals surface area (Å²) < 4.78 is 0. The molecule has 1 aromatic heterocycles. The van der Waals surface area contributed by atoms with Gasteiger partial charge < -0.3 is 15.5 Å². The van der Waals surface area contributed by atoms with Crippen LogP contribution < -0.4 is 10.6 Å². The van der Waals surface area contributed by atoms with Gasteiger partial charge in [0, 0.05) is 50.4 Å². The maximum Gasteiger partial charge on any atom is 0.225 e. The summed E-state index contributed by atoms with van der Waals surface area (Å²) in [6, 6.07) is 3.78. The van der Waals surface area contributed by atoms with Crippen molar-refractivity contribution in [3.8, 4) is 0 Å². The predicted molar refractivity (Wildman–Crippen MR) is 108 cm³/mol. The Hall–Kier alpha value is -1.66. The van der Waals surface area contributed by atoms with Crippen molar-refractivity contribution in [3.05, 3.63) is 30.1 Å². The Bertz CT molecular complexity index is 607. The summed E-state index contributed by atoms with van der Waals surface area (Å²) in [6.45, 7) is 4.15. The number of amides is 2. The Balaban J connectivity index is 0.00000261. The first kappa shape index (κ1) is 21.6. The number of carbonyl (C=O) groups is 2. The van der Waals surface area contributed by atoms with Crippen LogP contribution in [-0.2, 0) is 9.59 Å². The van der Waals surface area contributed by atoms with E-state index in [1.165, 1.54) is 6.42 Å². The van der Waals surface area contributed by atoms with E-state index in [-0.39, 0.29) is 42.2 Å². The number of aromatic nitrogens is 1. The molecule has 1 aromatic rings. The first-order valence-corrected chi connectivity index (χ1v) is 9.85. The lowest BCUT2D eigenvalue weighted by molar-refractivity contribution is -0.135. The molecule has 1 saturated carbocycles. The first-order valence-electron chi connectivity index (χ1n) is 9.85. The summed E-state index contributed by atoms with van der Waals surface area (Å²) in [4.78, 5) is 31.4. The highest BCUT2D eigenvalue weighted by atomic mass is 35.5. The average Bonchev–Trinajstić information content (AvgIpc) is 2.69. The number of nitrogens with zero attached hydrogens (tertiary/aromatic N) is 2. The van der Waals surface area contributed by atoms with Gasteiger partial charge in [0.1, 0.15) is 0 Å². The van der Waals surface area contributed by atoms with Crippen molar-refractivity contribution in [2.45, 2.75) is 57.5 Å². The van der Waals surface area contributed by atoms with E-state index in [1.54, 1.807) is 6.20 Å². The zero-order chi connectivity index (χ0) is 18.4. The minimum absolute atomic E-state index is 0. The summed E-state index contributed by atoms with van der Waals surface area (Å²) in [5, 5.41) is 6.42. The molecule has 0 bridgehead atoms. The lowest BCUT2D eigenvalue weighted by Gasteiger charge is -2.37. The van der Waals surface area contributed by atoms with E-state index in [0.717, 1.165) is 44.3 Å². The molecule has 150 valence electrons. The van der Waals surface area contributed by atoms with Gasteiger partial charge in [0.25, 0.3) is 0 Å². The monoisotopic (exact) mass is 394 g/mol. The van der Waals surface area contributed by atoms with E-state index < -0.39 is 0 Å². The van der Waals surface area contributed by atoms with Crippen LogP contribution in [0.5, 0.6) is 0 Å². The third-order valence-corrected chi connectivity index (χ3v) is 5.48. The number of carbonyl (C=O) groups excluding carboxylic acids is 2. The van der Waals surface area contributed by atoms with E-state index in [1.807, 2.05) is 30.2 Å². The topological polar surface area (TPSA) is 74.3 Å². The quantitative estimate of drug-likeness (QED) is 0.804. The highest BCUT2D eigenvalue weighted by Crippen LogP contribution is 2.25. The maximum atomic E-state index is 12.9. The third-order valence-electron chi connectivity index (χ3n) is 5.48. The molecule has 27 heavy (non-hydrogen) atoms. The SMILES string of the molecule is CC(CC(=O)N1CCNCC1c1cccnc1)NC(=O)C1CCCCC1.Cl. The molecule has 0 radical (unpaired) electrons. The average molecular weight is 395 g/mol. The molecule has 2 fully saturated rings. The summed E-state index contributed by atoms with van der Waals surface area (Å²) in [6.07, 6.45) is 9.38. The van der Waals surface area contributed by atoms with Gasteiger partial charge in [-0.2, -0.15) is 0 Å². The highest BCUT2D eigenvalue weighted by Gasteiger charge is 2.29. The second-order valence-electron chi connectivity index (χ2n) is 7.54. The summed E-state index contributed by atoms with van der Waals surface area (Å²) >= 11 is 0. The number of hydrogen-bond acceptors (Lipinski definition) is 4. The number of piperazine rings is 1. The Labute approximate surface area is 167 Å². The third kappa shape index (κ3) is 5.91. The lowest BCUT2D eigenvalue weighted by atomic mass is 9.88. The van der Waals surface area contributed by atoms with Crippen molar-refractivity contribution >= 4 is 24.2 Å². The number of rotatable bonds is 5. The molecule has 2 unspecified atom stereocenters. The number of nitrogens with one attached hydrogen (secondary N) is 2. The van der Waals surface area contributed by atoms with Crippen LogP contribution in [0.1, 0.15) is 57.1 Å². The molecular formula is C20H31ClN4O2. The van der Waals surface area contributed by atoms with Crippen molar-refractivity contribution < 1.29 is 9.59 Å². The van der Waals surface area contributed by atoms with Gasteiger partial charge in [-0.3, -0.25) is 14.6 Å². The fraction of sp³-hybridized carbons (Fsp3) is 0.650. The van der Waals surface area contributed by atoms with Crippen LogP contribution in [0.2, 0.25) is 0 Å². The van der Waals surface area contributed by atoms with Crippen molar-refractivity contribution in [1.29, 1.82) is 0 Å². The molecule has 2 atom stereocenters. The summed E-state index contributed by atoms with van der Waals surface area (Å²) in [7, 11) is 0. The van der Waals surface area contributed by atoms with E-state index >= 15 is 0 Å². The molecule has 0 aromatic carbocycles. The largest absolute Gasteiger partial charge is 0.353 e. The van der Waals surface area contributed by atoms with E-state index in [0.29, 0.717) is 13.0 Å². The van der Waals surface area contributed by atoms with Crippen LogP contribution in [0.4, 0.5) is 0 Å². The molecule has 1 aliphatic heterocycles. The molecule has 1 saturated heterocycles. The summed E-state index contributed by atoms with van der Waals surface area (Å²) in [5.41, 5.74) is 1.05. The molecule has 1 aliphatic carbocycles. The smallest absolute Gasteiger partial charge is 0.225 e. The van der Waals surface area contributed by atoms with Crippen molar-refractivity contribution in [2.24, 2.45) is 5.92 Å². The van der Waals surface area contributed by atoms with Gasteiger partial charge in [0.2, 0.25) is 11.8 Å². The molecular weight excluding hydrogens is 364 g/mol. The minimum Gasteiger partial charge on any atom is -0.353 e. The normalized spacial score (nSPS) is 21.8. The zero-order valence-corrected chi connectivity index (χ0v) is 16.8. The lowest BCUT2D eigenvalue weighted by Crippen LogP contribution is -2.50. The molecule has 3 rings (SSSR count). The van der Waals surface area contributed by atoms with Crippen molar-refractivity contribution in [3.63, 3.8) is 0 Å². The summed E-state index contributed by atoms with van der Waals surface area (Å²) in [5.74, 6) is 0.342. The van der Waals surface area contributed by atoms with E-state index in [4.69, 9.17) is 0 Å². The second-order valence-corrected chi connectivity index (χ2v) is 7.54. The number of halogens is 1. The van der Waals surface area contributed by atoms with Crippen LogP contribution in [0.3, 0.4) is 0 Å². The zero-order valence-electron chi connectivity index (χ0n) is 16.0. The first-order chi connectivity index (χ1) is 12.6. The van der Waals surface area contributed by atoms with Crippen molar-refractivity contribution in [1.82, 2.24) is 20.5 Å². The predicted octanol–water partition coefficient (Wildman–Crippen LogP) is 2.45. The minimum atomic E-state index is -0.138. The Morgan fingerprint density at radius 3 is 2.81 bits per heavy atom. The second kappa shape index (κ2) is 10.6. The van der Waals surface area contributed by atoms with Gasteiger partial charge in [0.05, 0.1) is 6.04 Å². The molecule has 2 heterocycles. The van der Waals surface area contributed by atoms with Crippen LogP contribution in [-0.4, -0.2) is 47.4 Å². The van der Waals surface area contributed by atoms with Gasteiger partial charge in [-0.05, 0) is 31.4 Å². The number of pyridine rings is 1. The van der Waals surface area contributed by atoms with Crippen molar-refractivity contribution in [2.75, 3.05) is 19.6 Å². The Morgan fingerprint density at radius 2 is 2.11 bits per heavy atom. The van der Waals surface area contributed by atoms with E-state index in [9.17, 15) is 9.59 Å². The van der Waals surface area contributed by atoms with Gasteiger partial charge >= 0.3 is 0 Å². The molecule has 7 heteroatoms. The van der Waals surface area contributed by atoms with E-state index in [2.05, 4.69) is 15.6 Å². The molecule has 0 spiro atoms. The van der Waals surface area contributed by atoms with Gasteiger partial charge in [-0.25, -0.2) is 0 Å². The Morgan fingerprint density at radius 1 is 1.33 bits per heavy atom. The van der Waals surface area contributed by atoms with Crippen LogP contribution in [0.15, 0.2) is 24.5 Å². The highest BCUT2D eigenvalue weighted by molar-refractivity contribution is 5.85. The molecule has 2 aliphatic rings. The van der Waals surface area contributed by atoms with Crippen LogP contribution in [0.25, 0.3) is 0 Å². The fourth-order valence-electron chi connectivity index (χ4n) is 4.03. The van der Waals surface area contributed by atoms with Gasteiger partial charge in [-0.15, -0.1) is 12.4 Å². The van der Waals surface area contributed by atoms with Gasteiger partial charge in [-0.1, -0.05) is 25.3 Å². The Kier molecular flexibility index (Phi) is 8.51. The van der Waals surface area contributed by atoms with Crippen LogP contribution in [0, 0.1) is 5.92 Å². The molecule has 6 nitrogen and oxygen atoms in total. The van der Waals surface area contributed by atoms with Gasteiger partial charge in [0.15, 0.2) is 0 Å². The maximum absolute atomic E-state index is 12.9. The standard InChI is InChI=1S/C20H30N4O2.ClH/c1-15(23-20(26)16-6-3-2-4-7-16)12-19(25)24-11-10-22-14-18(24)17-8-5-9-21-13-17;/h5,8-9,13,15-16,18,22H,2-4,6-7,10-12,14H2,1H3,(H,23,26);1H. The number of hydrogen-bond donors (Lipinski definition) is 2.